The number of ether oxygens (including phenoxy) is 1. The minimum Gasteiger partial charge on any atom is -0.465 e. The fourth-order valence-corrected chi connectivity index (χ4v) is 2.00. The lowest BCUT2D eigenvalue weighted by atomic mass is 9.82. The molecule has 2 heterocycles. The van der Waals surface area contributed by atoms with Gasteiger partial charge in [0.1, 0.15) is 5.69 Å². The van der Waals surface area contributed by atoms with E-state index in [1.54, 1.807) is 6.92 Å². The van der Waals surface area contributed by atoms with Crippen molar-refractivity contribution >= 4 is 5.97 Å². The molecule has 0 saturated carbocycles. The summed E-state index contributed by atoms with van der Waals surface area (Å²) >= 11 is 0. The highest BCUT2D eigenvalue weighted by Gasteiger charge is 2.40. The Morgan fingerprint density at radius 2 is 2.22 bits per heavy atom. The van der Waals surface area contributed by atoms with Crippen LogP contribution in [0.3, 0.4) is 0 Å². The molecule has 1 aromatic rings. The van der Waals surface area contributed by atoms with Gasteiger partial charge in [-0.05, 0) is 37.5 Å². The van der Waals surface area contributed by atoms with Gasteiger partial charge < -0.3 is 4.74 Å². The highest BCUT2D eigenvalue weighted by atomic mass is 19.4. The Labute approximate surface area is 102 Å². The average Bonchev–Trinajstić information content (AvgIpc) is 2.58. The van der Waals surface area contributed by atoms with Crippen LogP contribution in [0.15, 0.2) is 18.3 Å². The van der Waals surface area contributed by atoms with E-state index in [0.29, 0.717) is 18.6 Å². The number of halogens is 3. The molecule has 0 bridgehead atoms. The van der Waals surface area contributed by atoms with Crippen LogP contribution < -0.4 is 0 Å². The summed E-state index contributed by atoms with van der Waals surface area (Å²) in [6.45, 7) is 2.03. The highest BCUT2D eigenvalue weighted by Crippen LogP contribution is 2.34. The van der Waals surface area contributed by atoms with E-state index in [4.69, 9.17) is 4.74 Å². The molecule has 1 aliphatic rings. The summed E-state index contributed by atoms with van der Waals surface area (Å²) in [7, 11) is 0. The van der Waals surface area contributed by atoms with Crippen molar-refractivity contribution in [3.63, 3.8) is 0 Å². The lowest BCUT2D eigenvalue weighted by Gasteiger charge is -2.19. The predicted molar refractivity (Wildman–Crippen MR) is 56.6 cm³/mol. The Bertz CT molecular complexity index is 473. The third-order valence-electron chi connectivity index (χ3n) is 3.09. The van der Waals surface area contributed by atoms with E-state index in [0.717, 1.165) is 12.3 Å². The first kappa shape index (κ1) is 12.9. The molecule has 1 atom stereocenters. The van der Waals surface area contributed by atoms with Gasteiger partial charge in [0.25, 0.3) is 0 Å². The van der Waals surface area contributed by atoms with E-state index >= 15 is 0 Å². The van der Waals surface area contributed by atoms with Crippen molar-refractivity contribution in [2.45, 2.75) is 25.9 Å². The smallest absolute Gasteiger partial charge is 0.433 e. The Morgan fingerprint density at radius 1 is 1.50 bits per heavy atom. The second-order valence-corrected chi connectivity index (χ2v) is 4.67. The van der Waals surface area contributed by atoms with Crippen molar-refractivity contribution in [1.82, 2.24) is 4.98 Å². The van der Waals surface area contributed by atoms with E-state index in [9.17, 15) is 18.0 Å². The zero-order valence-corrected chi connectivity index (χ0v) is 9.75. The van der Waals surface area contributed by atoms with Gasteiger partial charge in [0.05, 0.1) is 12.0 Å². The van der Waals surface area contributed by atoms with Gasteiger partial charge in [-0.2, -0.15) is 13.2 Å². The molecule has 98 valence electrons. The van der Waals surface area contributed by atoms with E-state index in [1.165, 1.54) is 6.07 Å². The van der Waals surface area contributed by atoms with Crippen molar-refractivity contribution in [3.8, 4) is 0 Å². The topological polar surface area (TPSA) is 39.2 Å². The first-order chi connectivity index (χ1) is 8.31. The van der Waals surface area contributed by atoms with Crippen LogP contribution in [0.1, 0.15) is 24.6 Å². The van der Waals surface area contributed by atoms with Crippen LogP contribution in [0, 0.1) is 5.41 Å². The molecule has 0 aliphatic carbocycles. The molecule has 18 heavy (non-hydrogen) atoms. The molecule has 0 N–H and O–H groups in total. The van der Waals surface area contributed by atoms with Gasteiger partial charge in [0.2, 0.25) is 0 Å². The fourth-order valence-electron chi connectivity index (χ4n) is 2.00. The molecule has 1 unspecified atom stereocenters. The van der Waals surface area contributed by atoms with Crippen LogP contribution >= 0.6 is 0 Å². The number of carbonyl (C=O) groups is 1. The zero-order chi connectivity index (χ0) is 13.4. The second-order valence-electron chi connectivity index (χ2n) is 4.67. The molecule has 3 nitrogen and oxygen atoms in total. The molecule has 1 aliphatic heterocycles. The van der Waals surface area contributed by atoms with Crippen molar-refractivity contribution in [2.24, 2.45) is 5.41 Å². The SMILES string of the molecule is CC1(Cc2ccnc(C(F)(F)F)c2)CCOC1=O. The number of nitrogens with zero attached hydrogens (tertiary/aromatic N) is 1. The lowest BCUT2D eigenvalue weighted by Crippen LogP contribution is -2.25. The molecule has 6 heteroatoms. The van der Waals surface area contributed by atoms with Crippen LogP contribution in [0.2, 0.25) is 0 Å². The van der Waals surface area contributed by atoms with E-state index in [1.807, 2.05) is 0 Å². The lowest BCUT2D eigenvalue weighted by molar-refractivity contribution is -0.145. The third kappa shape index (κ3) is 2.47. The van der Waals surface area contributed by atoms with Crippen LogP contribution in [0.4, 0.5) is 13.2 Å². The van der Waals surface area contributed by atoms with Gasteiger partial charge in [-0.1, -0.05) is 0 Å². The van der Waals surface area contributed by atoms with Gasteiger partial charge in [-0.3, -0.25) is 9.78 Å². The average molecular weight is 259 g/mol. The van der Waals surface area contributed by atoms with Crippen LogP contribution in [-0.2, 0) is 22.1 Å². The monoisotopic (exact) mass is 259 g/mol. The Morgan fingerprint density at radius 3 is 2.78 bits per heavy atom. The van der Waals surface area contributed by atoms with E-state index in [-0.39, 0.29) is 12.4 Å². The molecular weight excluding hydrogens is 247 g/mol. The quantitative estimate of drug-likeness (QED) is 0.766. The number of aromatic nitrogens is 1. The summed E-state index contributed by atoms with van der Waals surface area (Å²) in [6, 6.07) is 2.48. The molecule has 0 aromatic carbocycles. The number of rotatable bonds is 2. The standard InChI is InChI=1S/C12H12F3NO2/c1-11(3-5-18-10(11)17)7-8-2-4-16-9(6-8)12(13,14)15/h2,4,6H,3,5,7H2,1H3. The van der Waals surface area contributed by atoms with Gasteiger partial charge in [-0.25, -0.2) is 0 Å². The molecule has 0 spiro atoms. The number of cyclic esters (lactones) is 1. The number of esters is 1. The molecule has 1 saturated heterocycles. The number of hydrogen-bond donors (Lipinski definition) is 0. The van der Waals surface area contributed by atoms with Crippen molar-refractivity contribution in [2.75, 3.05) is 6.61 Å². The molecule has 2 rings (SSSR count). The minimum atomic E-state index is -4.47. The highest BCUT2D eigenvalue weighted by molar-refractivity contribution is 5.78. The maximum atomic E-state index is 12.5. The molecular formula is C12H12F3NO2. The normalized spacial score (nSPS) is 24.1. The van der Waals surface area contributed by atoms with Crippen molar-refractivity contribution < 1.29 is 22.7 Å². The maximum absolute atomic E-state index is 12.5. The van der Waals surface area contributed by atoms with Crippen molar-refractivity contribution in [3.05, 3.63) is 29.6 Å². The molecule has 0 amide bonds. The Balaban J connectivity index is 2.22. The summed E-state index contributed by atoms with van der Waals surface area (Å²) in [6.07, 6.45) is -2.60. The molecule has 1 fully saturated rings. The Kier molecular flexibility index (Phi) is 3.04. The molecule has 1 aromatic heterocycles. The number of alkyl halides is 3. The van der Waals surface area contributed by atoms with Gasteiger partial charge in [0.15, 0.2) is 0 Å². The largest absolute Gasteiger partial charge is 0.465 e. The Hall–Kier alpha value is -1.59. The number of hydrogen-bond acceptors (Lipinski definition) is 3. The van der Waals surface area contributed by atoms with E-state index < -0.39 is 17.3 Å². The summed E-state index contributed by atoms with van der Waals surface area (Å²) in [4.78, 5) is 14.8. The fraction of sp³-hybridized carbons (Fsp3) is 0.500. The van der Waals surface area contributed by atoms with E-state index in [2.05, 4.69) is 4.98 Å². The predicted octanol–water partition coefficient (Wildman–Crippen LogP) is 2.60. The van der Waals surface area contributed by atoms with Crippen molar-refractivity contribution in [1.29, 1.82) is 0 Å². The maximum Gasteiger partial charge on any atom is 0.433 e. The van der Waals surface area contributed by atoms with Crippen LogP contribution in [-0.4, -0.2) is 17.6 Å². The number of pyridine rings is 1. The minimum absolute atomic E-state index is 0.234. The summed E-state index contributed by atoms with van der Waals surface area (Å²) in [5, 5.41) is 0. The van der Waals surface area contributed by atoms with Gasteiger partial charge in [-0.15, -0.1) is 0 Å². The van der Waals surface area contributed by atoms with Gasteiger partial charge >= 0.3 is 12.1 Å². The first-order valence-corrected chi connectivity index (χ1v) is 5.51. The summed E-state index contributed by atoms with van der Waals surface area (Å²) in [5.41, 5.74) is -1.22. The summed E-state index contributed by atoms with van der Waals surface area (Å²) in [5.74, 6) is -0.354. The molecule has 0 radical (unpaired) electrons. The van der Waals surface area contributed by atoms with Crippen LogP contribution in [0.5, 0.6) is 0 Å². The van der Waals surface area contributed by atoms with Crippen LogP contribution in [0.25, 0.3) is 0 Å². The summed E-state index contributed by atoms with van der Waals surface area (Å²) < 4.78 is 42.4. The first-order valence-electron chi connectivity index (χ1n) is 5.51. The second kappa shape index (κ2) is 4.26. The zero-order valence-electron chi connectivity index (χ0n) is 9.75. The third-order valence-corrected chi connectivity index (χ3v) is 3.09. The van der Waals surface area contributed by atoms with Gasteiger partial charge in [0, 0.05) is 6.20 Å². The number of carbonyl (C=O) groups excluding carboxylic acids is 1.